The van der Waals surface area contributed by atoms with E-state index in [4.69, 9.17) is 10.5 Å². The molecule has 0 aromatic heterocycles. The van der Waals surface area contributed by atoms with E-state index in [0.717, 1.165) is 13.1 Å². The average Bonchev–Trinajstić information content (AvgIpc) is 2.56. The number of piperazine rings is 1. The summed E-state index contributed by atoms with van der Waals surface area (Å²) in [5, 5.41) is 2.80. The van der Waals surface area contributed by atoms with Crippen molar-refractivity contribution in [2.75, 3.05) is 59.0 Å². The second-order valence-corrected chi connectivity index (χ2v) is 6.12. The maximum Gasteiger partial charge on any atom is 0.234 e. The summed E-state index contributed by atoms with van der Waals surface area (Å²) in [4.78, 5) is 28.4. The summed E-state index contributed by atoms with van der Waals surface area (Å²) in [6.45, 7) is 7.38. The summed E-state index contributed by atoms with van der Waals surface area (Å²) in [7, 11) is 0. The van der Waals surface area contributed by atoms with Gasteiger partial charge in [0.2, 0.25) is 11.8 Å². The van der Waals surface area contributed by atoms with Crippen molar-refractivity contribution in [3.63, 3.8) is 0 Å². The smallest absolute Gasteiger partial charge is 0.234 e. The van der Waals surface area contributed by atoms with Crippen LogP contribution in [0.2, 0.25) is 0 Å². The number of nitrogens with zero attached hydrogens (tertiary/aromatic N) is 2. The van der Waals surface area contributed by atoms with Gasteiger partial charge in [0, 0.05) is 52.5 Å². The van der Waals surface area contributed by atoms with Crippen LogP contribution in [0.15, 0.2) is 0 Å². The lowest BCUT2D eigenvalue weighted by Crippen LogP contribution is -2.57. The van der Waals surface area contributed by atoms with Crippen LogP contribution in [0.1, 0.15) is 19.8 Å². The van der Waals surface area contributed by atoms with Gasteiger partial charge in [0.1, 0.15) is 0 Å². The summed E-state index contributed by atoms with van der Waals surface area (Å²) in [6.07, 6.45) is 1.42. The Morgan fingerprint density at radius 3 is 2.21 bits per heavy atom. The number of nitrogens with one attached hydrogen (secondary N) is 1. The number of halogens is 2. The Bertz CT molecular complexity index is 398. The first-order valence-corrected chi connectivity index (χ1v) is 8.17. The number of carbonyl (C=O) groups excluding carboxylic acids is 2. The van der Waals surface area contributed by atoms with Crippen LogP contribution in [-0.4, -0.2) is 80.6 Å². The molecule has 2 aliphatic heterocycles. The molecule has 0 aromatic carbocycles. The molecular weight excluding hydrogens is 355 g/mol. The number of hydrogen-bond acceptors (Lipinski definition) is 5. The lowest BCUT2D eigenvalue weighted by atomic mass is 9.78. The van der Waals surface area contributed by atoms with Crippen LogP contribution >= 0.6 is 24.8 Å². The highest BCUT2D eigenvalue weighted by Gasteiger charge is 2.42. The van der Waals surface area contributed by atoms with E-state index in [1.165, 1.54) is 0 Å². The van der Waals surface area contributed by atoms with Gasteiger partial charge in [0.05, 0.1) is 12.0 Å². The van der Waals surface area contributed by atoms with Gasteiger partial charge in [-0.05, 0) is 19.8 Å². The van der Waals surface area contributed by atoms with Gasteiger partial charge in [-0.3, -0.25) is 14.5 Å². The minimum absolute atomic E-state index is 0. The topological polar surface area (TPSA) is 87.9 Å². The zero-order valence-electron chi connectivity index (χ0n) is 14.3. The molecule has 0 radical (unpaired) electrons. The second-order valence-electron chi connectivity index (χ2n) is 6.12. The number of carbonyl (C=O) groups is 2. The van der Waals surface area contributed by atoms with Crippen molar-refractivity contribution in [3.05, 3.63) is 0 Å². The van der Waals surface area contributed by atoms with Gasteiger partial charge in [0.15, 0.2) is 0 Å². The molecule has 142 valence electrons. The molecule has 0 aliphatic carbocycles. The molecule has 0 aromatic rings. The van der Waals surface area contributed by atoms with Crippen LogP contribution in [0.3, 0.4) is 0 Å². The van der Waals surface area contributed by atoms with Gasteiger partial charge in [-0.15, -0.1) is 24.8 Å². The Morgan fingerprint density at radius 2 is 1.71 bits per heavy atom. The highest BCUT2D eigenvalue weighted by atomic mass is 35.5. The third-order valence-corrected chi connectivity index (χ3v) is 4.69. The molecule has 2 rings (SSSR count). The standard InChI is InChI=1S/C15H28N4O3.2ClH/c1-2-17-13(20)11-18-5-7-19(8-6-18)14(21)15(12-16)3-9-22-10-4-15;;/h2-12,16H2,1H3,(H,17,20);2*1H. The van der Waals surface area contributed by atoms with Gasteiger partial charge < -0.3 is 20.7 Å². The van der Waals surface area contributed by atoms with Crippen molar-refractivity contribution >= 4 is 36.6 Å². The summed E-state index contributed by atoms with van der Waals surface area (Å²) in [6, 6.07) is 0. The van der Waals surface area contributed by atoms with Crippen LogP contribution < -0.4 is 11.1 Å². The molecule has 2 heterocycles. The molecule has 2 saturated heterocycles. The van der Waals surface area contributed by atoms with Gasteiger partial charge in [-0.1, -0.05) is 0 Å². The Morgan fingerprint density at radius 1 is 1.12 bits per heavy atom. The lowest BCUT2D eigenvalue weighted by molar-refractivity contribution is -0.149. The molecule has 0 saturated carbocycles. The number of nitrogens with two attached hydrogens (primary N) is 1. The summed E-state index contributed by atoms with van der Waals surface area (Å²) < 4.78 is 5.37. The van der Waals surface area contributed by atoms with Gasteiger partial charge in [-0.2, -0.15) is 0 Å². The molecule has 2 fully saturated rings. The third kappa shape index (κ3) is 5.74. The van der Waals surface area contributed by atoms with E-state index in [0.29, 0.717) is 58.8 Å². The van der Waals surface area contributed by atoms with Crippen molar-refractivity contribution in [2.24, 2.45) is 11.1 Å². The molecule has 0 bridgehead atoms. The molecule has 0 atom stereocenters. The molecule has 9 heteroatoms. The van der Waals surface area contributed by atoms with E-state index in [-0.39, 0.29) is 36.6 Å². The fourth-order valence-electron chi connectivity index (χ4n) is 3.17. The maximum absolute atomic E-state index is 12.8. The number of amides is 2. The van der Waals surface area contributed by atoms with E-state index in [1.54, 1.807) is 0 Å². The quantitative estimate of drug-likeness (QED) is 0.688. The SMILES string of the molecule is CCNC(=O)CN1CCN(C(=O)C2(CN)CCOCC2)CC1.Cl.Cl. The fourth-order valence-corrected chi connectivity index (χ4v) is 3.17. The largest absolute Gasteiger partial charge is 0.381 e. The van der Waals surface area contributed by atoms with Gasteiger partial charge in [0.25, 0.3) is 0 Å². The van der Waals surface area contributed by atoms with Crippen LogP contribution in [0.4, 0.5) is 0 Å². The molecule has 0 spiro atoms. The first-order valence-electron chi connectivity index (χ1n) is 8.17. The molecule has 2 aliphatic rings. The Balaban J connectivity index is 0.00000264. The van der Waals surface area contributed by atoms with Crippen molar-refractivity contribution in [3.8, 4) is 0 Å². The van der Waals surface area contributed by atoms with Crippen molar-refractivity contribution in [1.29, 1.82) is 0 Å². The predicted octanol–water partition coefficient (Wildman–Crippen LogP) is -0.134. The molecular formula is C15H30Cl2N4O3. The summed E-state index contributed by atoms with van der Waals surface area (Å²) in [5.41, 5.74) is 5.46. The van der Waals surface area contributed by atoms with Crippen LogP contribution in [-0.2, 0) is 14.3 Å². The lowest BCUT2D eigenvalue weighted by Gasteiger charge is -2.42. The Labute approximate surface area is 156 Å². The van der Waals surface area contributed by atoms with Crippen LogP contribution in [0.25, 0.3) is 0 Å². The molecule has 2 amide bonds. The highest BCUT2D eigenvalue weighted by molar-refractivity contribution is 5.85. The van der Waals surface area contributed by atoms with Crippen LogP contribution in [0.5, 0.6) is 0 Å². The highest BCUT2D eigenvalue weighted by Crippen LogP contribution is 2.32. The van der Waals surface area contributed by atoms with Crippen molar-refractivity contribution in [2.45, 2.75) is 19.8 Å². The van der Waals surface area contributed by atoms with Gasteiger partial charge in [-0.25, -0.2) is 0 Å². The van der Waals surface area contributed by atoms with Gasteiger partial charge >= 0.3 is 0 Å². The molecule has 24 heavy (non-hydrogen) atoms. The zero-order chi connectivity index (χ0) is 16.0. The minimum atomic E-state index is -0.444. The number of rotatable bonds is 5. The first kappa shape index (κ1) is 23.4. The number of likely N-dealkylation sites (N-methyl/N-ethyl adjacent to an activating group) is 1. The second kappa shape index (κ2) is 11.1. The summed E-state index contributed by atoms with van der Waals surface area (Å²) >= 11 is 0. The first-order chi connectivity index (χ1) is 10.6. The van der Waals surface area contributed by atoms with E-state index >= 15 is 0 Å². The normalized spacial score (nSPS) is 20.5. The monoisotopic (exact) mass is 384 g/mol. The number of ether oxygens (including phenoxy) is 1. The third-order valence-electron chi connectivity index (χ3n) is 4.69. The van der Waals surface area contributed by atoms with E-state index in [2.05, 4.69) is 10.2 Å². The molecule has 3 N–H and O–H groups in total. The van der Waals surface area contributed by atoms with E-state index in [9.17, 15) is 9.59 Å². The Hall–Kier alpha value is -0.600. The number of hydrogen-bond donors (Lipinski definition) is 2. The van der Waals surface area contributed by atoms with Crippen LogP contribution in [0, 0.1) is 5.41 Å². The molecule has 0 unspecified atom stereocenters. The fraction of sp³-hybridized carbons (Fsp3) is 0.867. The molecule has 7 nitrogen and oxygen atoms in total. The van der Waals surface area contributed by atoms with Crippen molar-refractivity contribution in [1.82, 2.24) is 15.1 Å². The van der Waals surface area contributed by atoms with E-state index in [1.807, 2.05) is 11.8 Å². The Kier molecular flexibility index (Phi) is 10.8. The predicted molar refractivity (Wildman–Crippen MR) is 97.7 cm³/mol. The average molecular weight is 385 g/mol. The van der Waals surface area contributed by atoms with E-state index < -0.39 is 5.41 Å². The zero-order valence-corrected chi connectivity index (χ0v) is 15.9. The van der Waals surface area contributed by atoms with Crippen molar-refractivity contribution < 1.29 is 14.3 Å². The summed E-state index contributed by atoms with van der Waals surface area (Å²) in [5.74, 6) is 0.209. The minimum Gasteiger partial charge on any atom is -0.381 e. The maximum atomic E-state index is 12.8.